The van der Waals surface area contributed by atoms with E-state index in [9.17, 15) is 5.11 Å². The predicted octanol–water partition coefficient (Wildman–Crippen LogP) is 5.11. The Morgan fingerprint density at radius 2 is 1.39 bits per heavy atom. The van der Waals surface area contributed by atoms with Crippen LogP contribution in [-0.2, 0) is 10.8 Å². The topological polar surface area (TPSA) is 20.2 Å². The molecule has 0 unspecified atom stereocenters. The van der Waals surface area contributed by atoms with Crippen LogP contribution in [0.25, 0.3) is 0 Å². The highest BCUT2D eigenvalue weighted by Gasteiger charge is 2.29. The van der Waals surface area contributed by atoms with Gasteiger partial charge in [0.05, 0.1) is 0 Å². The van der Waals surface area contributed by atoms with Gasteiger partial charge in [-0.2, -0.15) is 0 Å². The summed E-state index contributed by atoms with van der Waals surface area (Å²) in [4.78, 5) is 0. The third kappa shape index (κ3) is 2.88. The molecule has 0 aliphatic heterocycles. The van der Waals surface area contributed by atoms with Crippen LogP contribution in [0.2, 0.25) is 0 Å². The van der Waals surface area contributed by atoms with Gasteiger partial charge in [0.15, 0.2) is 0 Å². The minimum absolute atomic E-state index is 0.0368. The van der Waals surface area contributed by atoms with Crippen LogP contribution >= 0.6 is 0 Å². The lowest BCUT2D eigenvalue weighted by atomic mass is 9.73. The number of aromatic hydroxyl groups is 1. The van der Waals surface area contributed by atoms with Crippen molar-refractivity contribution in [3.05, 3.63) is 28.8 Å². The SMILES string of the molecule is CC(C)c1c(C(C)(C)C)ccc(O)c1C(C)(C)C. The zero-order valence-corrected chi connectivity index (χ0v) is 13.2. The van der Waals surface area contributed by atoms with Gasteiger partial charge >= 0.3 is 0 Å². The van der Waals surface area contributed by atoms with Crippen molar-refractivity contribution in [2.45, 2.75) is 72.1 Å². The molecule has 0 heterocycles. The number of benzene rings is 1. The smallest absolute Gasteiger partial charge is 0.119 e. The Kier molecular flexibility index (Phi) is 3.86. The average Bonchev–Trinajstić information content (AvgIpc) is 2.12. The lowest BCUT2D eigenvalue weighted by Gasteiger charge is -2.32. The second kappa shape index (κ2) is 4.60. The monoisotopic (exact) mass is 248 g/mol. The quantitative estimate of drug-likeness (QED) is 0.732. The van der Waals surface area contributed by atoms with E-state index in [-0.39, 0.29) is 10.8 Å². The fourth-order valence-corrected chi connectivity index (χ4v) is 2.65. The number of hydrogen-bond donors (Lipinski definition) is 1. The van der Waals surface area contributed by atoms with Gasteiger partial charge in [0, 0.05) is 5.56 Å². The fraction of sp³-hybridized carbons (Fsp3) is 0.647. The summed E-state index contributed by atoms with van der Waals surface area (Å²) in [6, 6.07) is 3.94. The zero-order valence-electron chi connectivity index (χ0n) is 13.2. The maximum absolute atomic E-state index is 10.3. The third-order valence-electron chi connectivity index (χ3n) is 3.36. The van der Waals surface area contributed by atoms with E-state index in [2.05, 4.69) is 61.5 Å². The van der Waals surface area contributed by atoms with E-state index in [1.807, 2.05) is 6.07 Å². The van der Waals surface area contributed by atoms with Crippen LogP contribution in [-0.4, -0.2) is 5.11 Å². The van der Waals surface area contributed by atoms with Gasteiger partial charge in [0.25, 0.3) is 0 Å². The minimum Gasteiger partial charge on any atom is -0.508 e. The van der Waals surface area contributed by atoms with E-state index >= 15 is 0 Å². The van der Waals surface area contributed by atoms with Gasteiger partial charge in [-0.25, -0.2) is 0 Å². The number of rotatable bonds is 1. The van der Waals surface area contributed by atoms with Crippen LogP contribution in [0.5, 0.6) is 5.75 Å². The largest absolute Gasteiger partial charge is 0.508 e. The van der Waals surface area contributed by atoms with Crippen molar-refractivity contribution in [3.63, 3.8) is 0 Å². The summed E-state index contributed by atoms with van der Waals surface area (Å²) in [6.07, 6.45) is 0. The molecule has 0 saturated carbocycles. The van der Waals surface area contributed by atoms with Crippen molar-refractivity contribution < 1.29 is 5.11 Å². The molecule has 0 fully saturated rings. The van der Waals surface area contributed by atoms with E-state index in [1.165, 1.54) is 11.1 Å². The molecule has 1 heteroatoms. The van der Waals surface area contributed by atoms with E-state index in [1.54, 1.807) is 0 Å². The van der Waals surface area contributed by atoms with Gasteiger partial charge in [-0.1, -0.05) is 61.5 Å². The molecule has 0 aliphatic carbocycles. The first kappa shape index (κ1) is 15.1. The van der Waals surface area contributed by atoms with Crippen molar-refractivity contribution >= 4 is 0 Å². The van der Waals surface area contributed by atoms with E-state index in [4.69, 9.17) is 0 Å². The molecule has 1 nitrogen and oxygen atoms in total. The first-order chi connectivity index (χ1) is 7.96. The molecule has 0 atom stereocenters. The lowest BCUT2D eigenvalue weighted by molar-refractivity contribution is 0.439. The van der Waals surface area contributed by atoms with Crippen molar-refractivity contribution in [1.29, 1.82) is 0 Å². The molecule has 0 aromatic heterocycles. The summed E-state index contributed by atoms with van der Waals surface area (Å²) in [5.74, 6) is 0.847. The molecule has 1 N–H and O–H groups in total. The first-order valence-electron chi connectivity index (χ1n) is 6.83. The van der Waals surface area contributed by atoms with Crippen LogP contribution in [0, 0.1) is 0 Å². The molecule has 1 rings (SSSR count). The Bertz CT molecular complexity index is 428. The fourth-order valence-electron chi connectivity index (χ4n) is 2.65. The molecule has 0 aliphatic rings. The van der Waals surface area contributed by atoms with Crippen LogP contribution in [0.1, 0.15) is 78.0 Å². The molecule has 0 bridgehead atoms. The summed E-state index contributed by atoms with van der Waals surface area (Å²) < 4.78 is 0. The van der Waals surface area contributed by atoms with Gasteiger partial charge < -0.3 is 5.11 Å². The first-order valence-corrected chi connectivity index (χ1v) is 6.83. The molecule has 1 aromatic rings. The maximum Gasteiger partial charge on any atom is 0.119 e. The van der Waals surface area contributed by atoms with Crippen molar-refractivity contribution in [3.8, 4) is 5.75 Å². The highest BCUT2D eigenvalue weighted by Crippen LogP contribution is 2.42. The van der Waals surface area contributed by atoms with Gasteiger partial charge in [-0.3, -0.25) is 0 Å². The lowest BCUT2D eigenvalue weighted by Crippen LogP contribution is -2.22. The molecule has 0 radical (unpaired) electrons. The Morgan fingerprint density at radius 1 is 0.889 bits per heavy atom. The average molecular weight is 248 g/mol. The zero-order chi connectivity index (χ0) is 14.3. The molecule has 1 aromatic carbocycles. The molecule has 0 saturated heterocycles. The van der Waals surface area contributed by atoms with Crippen molar-refractivity contribution in [2.75, 3.05) is 0 Å². The Hall–Kier alpha value is -0.980. The molecule has 0 amide bonds. The molecule has 0 spiro atoms. The van der Waals surface area contributed by atoms with Crippen molar-refractivity contribution in [2.24, 2.45) is 0 Å². The Morgan fingerprint density at radius 3 is 1.72 bits per heavy atom. The summed E-state index contributed by atoms with van der Waals surface area (Å²) in [5, 5.41) is 10.3. The standard InChI is InChI=1S/C17H28O/c1-11(2)14-12(16(3,4)5)9-10-13(18)15(14)17(6,7)8/h9-11,18H,1-8H3. The van der Waals surface area contributed by atoms with Crippen LogP contribution in [0.15, 0.2) is 12.1 Å². The second-order valence-corrected chi connectivity index (χ2v) is 7.58. The molecule has 102 valence electrons. The normalized spacial score (nSPS) is 13.2. The highest BCUT2D eigenvalue weighted by molar-refractivity contribution is 5.51. The highest BCUT2D eigenvalue weighted by atomic mass is 16.3. The van der Waals surface area contributed by atoms with Crippen LogP contribution in [0.3, 0.4) is 0 Å². The molecule has 18 heavy (non-hydrogen) atoms. The third-order valence-corrected chi connectivity index (χ3v) is 3.36. The number of phenolic OH excluding ortho intramolecular Hbond substituents is 1. The van der Waals surface area contributed by atoms with E-state index < -0.39 is 0 Å². The molecular weight excluding hydrogens is 220 g/mol. The Balaban J connectivity index is 3.70. The van der Waals surface area contributed by atoms with Crippen LogP contribution < -0.4 is 0 Å². The van der Waals surface area contributed by atoms with Gasteiger partial charge in [-0.05, 0) is 33.9 Å². The summed E-state index contributed by atoms with van der Waals surface area (Å²) in [7, 11) is 0. The summed E-state index contributed by atoms with van der Waals surface area (Å²) in [5.41, 5.74) is 3.83. The summed E-state index contributed by atoms with van der Waals surface area (Å²) >= 11 is 0. The summed E-state index contributed by atoms with van der Waals surface area (Å²) in [6.45, 7) is 17.6. The van der Waals surface area contributed by atoms with Crippen molar-refractivity contribution in [1.82, 2.24) is 0 Å². The predicted molar refractivity (Wildman–Crippen MR) is 79.6 cm³/mol. The van der Waals surface area contributed by atoms with E-state index in [0.29, 0.717) is 11.7 Å². The number of phenols is 1. The van der Waals surface area contributed by atoms with Crippen LogP contribution in [0.4, 0.5) is 0 Å². The molecular formula is C17H28O. The van der Waals surface area contributed by atoms with E-state index in [0.717, 1.165) is 5.56 Å². The minimum atomic E-state index is -0.0368. The van der Waals surface area contributed by atoms with Gasteiger partial charge in [-0.15, -0.1) is 0 Å². The Labute approximate surface area is 112 Å². The van der Waals surface area contributed by atoms with Gasteiger partial charge in [0.1, 0.15) is 5.75 Å². The maximum atomic E-state index is 10.3. The van der Waals surface area contributed by atoms with Gasteiger partial charge in [0.2, 0.25) is 0 Å². The second-order valence-electron chi connectivity index (χ2n) is 7.58. The number of hydrogen-bond acceptors (Lipinski definition) is 1.